The van der Waals surface area contributed by atoms with Crippen molar-refractivity contribution in [3.63, 3.8) is 0 Å². The van der Waals surface area contributed by atoms with Crippen LogP contribution in [-0.4, -0.2) is 9.97 Å². The highest BCUT2D eigenvalue weighted by atomic mass is 16.3. The summed E-state index contributed by atoms with van der Waals surface area (Å²) in [4.78, 5) is 8.58. The van der Waals surface area contributed by atoms with Gasteiger partial charge in [0.2, 0.25) is 0 Å². The third kappa shape index (κ3) is 2.15. The van der Waals surface area contributed by atoms with Crippen molar-refractivity contribution in [3.05, 3.63) is 30.4 Å². The Labute approximate surface area is 88.2 Å². The maximum atomic E-state index is 5.71. The summed E-state index contributed by atoms with van der Waals surface area (Å²) in [5.74, 6) is 1.14. The molecule has 2 aromatic heterocycles. The second-order valence-electron chi connectivity index (χ2n) is 3.37. The average Bonchev–Trinajstić information content (AvgIpc) is 2.70. The number of rotatable bonds is 3. The van der Waals surface area contributed by atoms with Crippen molar-refractivity contribution >= 4 is 5.82 Å². The van der Waals surface area contributed by atoms with Crippen molar-refractivity contribution in [1.29, 1.82) is 0 Å². The Morgan fingerprint density at radius 2 is 2.27 bits per heavy atom. The maximum Gasteiger partial charge on any atom is 0.164 e. The van der Waals surface area contributed by atoms with Gasteiger partial charge in [0.1, 0.15) is 12.1 Å². The third-order valence-corrected chi connectivity index (χ3v) is 2.08. The van der Waals surface area contributed by atoms with E-state index in [2.05, 4.69) is 16.9 Å². The van der Waals surface area contributed by atoms with E-state index in [-0.39, 0.29) is 0 Å². The van der Waals surface area contributed by atoms with Crippen LogP contribution in [0.2, 0.25) is 0 Å². The number of anilines is 1. The lowest BCUT2D eigenvalue weighted by atomic mass is 10.2. The molecule has 4 nitrogen and oxygen atoms in total. The van der Waals surface area contributed by atoms with E-state index < -0.39 is 0 Å². The molecule has 0 aliphatic heterocycles. The highest BCUT2D eigenvalue weighted by Crippen LogP contribution is 2.17. The first kappa shape index (κ1) is 9.71. The fourth-order valence-electron chi connectivity index (χ4n) is 1.42. The van der Waals surface area contributed by atoms with E-state index in [4.69, 9.17) is 10.2 Å². The molecule has 0 atom stereocenters. The molecule has 2 aromatic rings. The molecule has 0 spiro atoms. The first-order chi connectivity index (χ1) is 7.29. The second-order valence-corrected chi connectivity index (χ2v) is 3.37. The summed E-state index contributed by atoms with van der Waals surface area (Å²) in [5, 5.41) is 0. The first-order valence-electron chi connectivity index (χ1n) is 4.95. The monoisotopic (exact) mass is 203 g/mol. The summed E-state index contributed by atoms with van der Waals surface area (Å²) < 4.78 is 4.99. The standard InChI is InChI=1S/C11H13N3O/c1-2-3-9-6-10(12)14-11(13-9)8-4-5-15-7-8/h4-7H,2-3H2,1H3,(H2,12,13,14). The predicted octanol–water partition coefficient (Wildman–Crippen LogP) is 2.27. The van der Waals surface area contributed by atoms with Crippen molar-refractivity contribution in [2.45, 2.75) is 19.8 Å². The number of nitrogens with zero attached hydrogens (tertiary/aromatic N) is 2. The molecule has 0 saturated carbocycles. The molecule has 0 aliphatic carbocycles. The minimum absolute atomic E-state index is 0.504. The van der Waals surface area contributed by atoms with Gasteiger partial charge in [-0.3, -0.25) is 0 Å². The molecule has 0 aromatic carbocycles. The summed E-state index contributed by atoms with van der Waals surface area (Å²) >= 11 is 0. The first-order valence-corrected chi connectivity index (χ1v) is 4.95. The Bertz CT molecular complexity index is 437. The van der Waals surface area contributed by atoms with Gasteiger partial charge in [-0.25, -0.2) is 9.97 Å². The zero-order chi connectivity index (χ0) is 10.7. The minimum atomic E-state index is 0.504. The molecular weight excluding hydrogens is 190 g/mol. The smallest absolute Gasteiger partial charge is 0.164 e. The molecule has 0 radical (unpaired) electrons. The highest BCUT2D eigenvalue weighted by Gasteiger charge is 2.05. The molecule has 0 fully saturated rings. The largest absolute Gasteiger partial charge is 0.472 e. The molecule has 15 heavy (non-hydrogen) atoms. The average molecular weight is 203 g/mol. The lowest BCUT2D eigenvalue weighted by Crippen LogP contribution is -1.99. The van der Waals surface area contributed by atoms with Crippen LogP contribution in [-0.2, 0) is 6.42 Å². The normalized spacial score (nSPS) is 10.5. The molecule has 0 bridgehead atoms. The molecular formula is C11H13N3O. The van der Waals surface area contributed by atoms with E-state index >= 15 is 0 Å². The molecule has 2 rings (SSSR count). The Kier molecular flexibility index (Phi) is 2.67. The second kappa shape index (κ2) is 4.13. The number of aromatic nitrogens is 2. The fourth-order valence-corrected chi connectivity index (χ4v) is 1.42. The molecule has 4 heteroatoms. The molecule has 0 aliphatic rings. The zero-order valence-corrected chi connectivity index (χ0v) is 8.60. The van der Waals surface area contributed by atoms with Gasteiger partial charge in [-0.05, 0) is 12.5 Å². The van der Waals surface area contributed by atoms with Crippen LogP contribution in [0.3, 0.4) is 0 Å². The molecule has 0 saturated heterocycles. The highest BCUT2D eigenvalue weighted by molar-refractivity contribution is 5.55. The molecule has 78 valence electrons. The van der Waals surface area contributed by atoms with Gasteiger partial charge in [0.25, 0.3) is 0 Å². The van der Waals surface area contributed by atoms with Crippen LogP contribution in [0.25, 0.3) is 11.4 Å². The molecule has 0 unspecified atom stereocenters. The quantitative estimate of drug-likeness (QED) is 0.831. The van der Waals surface area contributed by atoms with Gasteiger partial charge < -0.3 is 10.2 Å². The zero-order valence-electron chi connectivity index (χ0n) is 8.60. The third-order valence-electron chi connectivity index (χ3n) is 2.08. The van der Waals surface area contributed by atoms with E-state index in [9.17, 15) is 0 Å². The van der Waals surface area contributed by atoms with Gasteiger partial charge in [-0.2, -0.15) is 0 Å². The number of hydrogen-bond acceptors (Lipinski definition) is 4. The molecule has 2 heterocycles. The number of nitrogens with two attached hydrogens (primary N) is 1. The SMILES string of the molecule is CCCc1cc(N)nc(-c2ccoc2)n1. The summed E-state index contributed by atoms with van der Waals surface area (Å²) in [6, 6.07) is 3.64. The summed E-state index contributed by atoms with van der Waals surface area (Å²) in [5.41, 5.74) is 7.55. The number of aryl methyl sites for hydroxylation is 1. The molecule has 2 N–H and O–H groups in total. The number of hydrogen-bond donors (Lipinski definition) is 1. The Morgan fingerprint density at radius 1 is 1.40 bits per heavy atom. The van der Waals surface area contributed by atoms with Gasteiger partial charge in [-0.1, -0.05) is 13.3 Å². The maximum absolute atomic E-state index is 5.71. The van der Waals surface area contributed by atoms with Crippen LogP contribution < -0.4 is 5.73 Å². The van der Waals surface area contributed by atoms with Crippen molar-refractivity contribution < 1.29 is 4.42 Å². The Balaban J connectivity index is 2.40. The summed E-state index contributed by atoms with van der Waals surface area (Å²) in [7, 11) is 0. The summed E-state index contributed by atoms with van der Waals surface area (Å²) in [6.07, 6.45) is 5.17. The molecule has 0 amide bonds. The van der Waals surface area contributed by atoms with Crippen molar-refractivity contribution in [2.24, 2.45) is 0 Å². The van der Waals surface area contributed by atoms with Crippen LogP contribution in [0.15, 0.2) is 29.1 Å². The topological polar surface area (TPSA) is 64.9 Å². The van der Waals surface area contributed by atoms with E-state index in [1.54, 1.807) is 12.5 Å². The Hall–Kier alpha value is -1.84. The van der Waals surface area contributed by atoms with Crippen LogP contribution in [0.1, 0.15) is 19.0 Å². The minimum Gasteiger partial charge on any atom is -0.472 e. The van der Waals surface area contributed by atoms with Crippen LogP contribution in [0.4, 0.5) is 5.82 Å². The lowest BCUT2D eigenvalue weighted by Gasteiger charge is -2.02. The van der Waals surface area contributed by atoms with Crippen molar-refractivity contribution in [3.8, 4) is 11.4 Å². The van der Waals surface area contributed by atoms with Gasteiger partial charge >= 0.3 is 0 Å². The van der Waals surface area contributed by atoms with Gasteiger partial charge in [0.15, 0.2) is 5.82 Å². The van der Waals surface area contributed by atoms with E-state index in [0.29, 0.717) is 11.6 Å². The van der Waals surface area contributed by atoms with E-state index in [1.165, 1.54) is 0 Å². The van der Waals surface area contributed by atoms with Crippen LogP contribution >= 0.6 is 0 Å². The van der Waals surface area contributed by atoms with E-state index in [1.807, 2.05) is 12.1 Å². The Morgan fingerprint density at radius 3 is 2.93 bits per heavy atom. The predicted molar refractivity (Wildman–Crippen MR) is 58.1 cm³/mol. The van der Waals surface area contributed by atoms with Crippen molar-refractivity contribution in [1.82, 2.24) is 9.97 Å². The number of furan rings is 1. The van der Waals surface area contributed by atoms with Crippen molar-refractivity contribution in [2.75, 3.05) is 5.73 Å². The lowest BCUT2D eigenvalue weighted by molar-refractivity contribution is 0.568. The van der Waals surface area contributed by atoms with Gasteiger partial charge in [-0.15, -0.1) is 0 Å². The number of nitrogen functional groups attached to an aromatic ring is 1. The van der Waals surface area contributed by atoms with E-state index in [0.717, 1.165) is 24.1 Å². The summed E-state index contributed by atoms with van der Waals surface area (Å²) in [6.45, 7) is 2.11. The fraction of sp³-hybridized carbons (Fsp3) is 0.273. The van der Waals surface area contributed by atoms with Gasteiger partial charge in [0, 0.05) is 11.8 Å². The van der Waals surface area contributed by atoms with Gasteiger partial charge in [0.05, 0.1) is 11.8 Å². The van der Waals surface area contributed by atoms with Crippen LogP contribution in [0, 0.1) is 0 Å². The van der Waals surface area contributed by atoms with Crippen LogP contribution in [0.5, 0.6) is 0 Å².